The minimum atomic E-state index is -3.96. The fourth-order valence-electron chi connectivity index (χ4n) is 4.23. The molecule has 0 radical (unpaired) electrons. The van der Waals surface area contributed by atoms with E-state index >= 15 is 0 Å². The van der Waals surface area contributed by atoms with Gasteiger partial charge in [0.2, 0.25) is 10.0 Å². The predicted molar refractivity (Wildman–Crippen MR) is 157 cm³/mol. The van der Waals surface area contributed by atoms with E-state index in [0.29, 0.717) is 22.7 Å². The Balaban J connectivity index is 1.85. The van der Waals surface area contributed by atoms with Crippen LogP contribution in [-0.2, 0) is 19.5 Å². The van der Waals surface area contributed by atoms with Gasteiger partial charge in [-0.1, -0.05) is 17.4 Å². The second kappa shape index (κ2) is 13.2. The number of sulfonamides is 1. The number of hydrogen-bond acceptors (Lipinski definition) is 9. The lowest BCUT2D eigenvalue weighted by Crippen LogP contribution is -2.40. The zero-order chi connectivity index (χ0) is 29.7. The summed E-state index contributed by atoms with van der Waals surface area (Å²) in [5.74, 6) is 0. The molecule has 13 heteroatoms. The van der Waals surface area contributed by atoms with Crippen molar-refractivity contribution in [2.24, 2.45) is 0 Å². The van der Waals surface area contributed by atoms with Crippen molar-refractivity contribution >= 4 is 44.4 Å². The predicted octanol–water partition coefficient (Wildman–Crippen LogP) is 5.34. The van der Waals surface area contributed by atoms with Gasteiger partial charge in [0.25, 0.3) is 0 Å². The van der Waals surface area contributed by atoms with Gasteiger partial charge in [0.1, 0.15) is 0 Å². The highest BCUT2D eigenvalue weighted by molar-refractivity contribution is 7.89. The van der Waals surface area contributed by atoms with Crippen LogP contribution in [0.4, 0.5) is 20.4 Å². The molecule has 2 aromatic rings. The molecule has 222 valence electrons. The molecule has 0 aliphatic carbocycles. The summed E-state index contributed by atoms with van der Waals surface area (Å²) in [5, 5.41) is 6.33. The van der Waals surface area contributed by atoms with Gasteiger partial charge in [-0.25, -0.2) is 27.7 Å². The molecular weight excluding hydrogens is 554 g/mol. The van der Waals surface area contributed by atoms with Crippen LogP contribution in [0.25, 0.3) is 10.4 Å². The van der Waals surface area contributed by atoms with Gasteiger partial charge < -0.3 is 19.7 Å². The second-order valence-corrected chi connectivity index (χ2v) is 14.0. The quantitative estimate of drug-likeness (QED) is 0.372. The number of carbonyl (C=O) groups is 2. The number of amides is 2. The molecule has 1 saturated heterocycles. The topological polar surface area (TPSA) is 139 Å². The van der Waals surface area contributed by atoms with Crippen molar-refractivity contribution in [3.63, 3.8) is 0 Å². The zero-order valence-corrected chi connectivity index (χ0v) is 25.9. The molecule has 1 aromatic heterocycles. The first kappa shape index (κ1) is 31.6. The van der Waals surface area contributed by atoms with Crippen LogP contribution in [0.1, 0.15) is 67.7 Å². The minimum Gasteiger partial charge on any atom is -0.447 e. The van der Waals surface area contributed by atoms with E-state index in [1.54, 1.807) is 52.9 Å². The summed E-state index contributed by atoms with van der Waals surface area (Å²) >= 11 is 1.40. The third kappa shape index (κ3) is 9.34. The maximum absolute atomic E-state index is 13.5. The Morgan fingerprint density at radius 2 is 1.73 bits per heavy atom. The van der Waals surface area contributed by atoms with E-state index in [2.05, 4.69) is 25.2 Å². The highest BCUT2D eigenvalue weighted by Gasteiger charge is 2.28. The normalized spacial score (nSPS) is 16.5. The van der Waals surface area contributed by atoms with Crippen LogP contribution in [0, 0.1) is 0 Å². The standard InChI is InChI=1S/C27H41N5O6S2/c1-17(2)37-25(33)29-19-9-8-13-32(14-12-19)24-28-16-22(39-24)21-11-10-20(30-26(34)38-18(3)4)15-23(21)40(35,36)31-27(5,6)7/h10-11,15-19,31H,8-9,12-14H2,1-7H3,(H,29,33)(H,30,34). The number of rotatable bonds is 8. The highest BCUT2D eigenvalue weighted by atomic mass is 32.2. The van der Waals surface area contributed by atoms with E-state index in [4.69, 9.17) is 9.47 Å². The van der Waals surface area contributed by atoms with Crippen molar-refractivity contribution in [3.05, 3.63) is 24.4 Å². The van der Waals surface area contributed by atoms with Crippen LogP contribution in [0.3, 0.4) is 0 Å². The number of hydrogen-bond donors (Lipinski definition) is 3. The minimum absolute atomic E-state index is 0.0123. The van der Waals surface area contributed by atoms with Gasteiger partial charge in [0.15, 0.2) is 5.13 Å². The average molecular weight is 596 g/mol. The molecule has 3 N–H and O–H groups in total. The molecule has 1 aliphatic rings. The molecule has 0 spiro atoms. The number of ether oxygens (including phenoxy) is 2. The van der Waals surface area contributed by atoms with Gasteiger partial charge in [-0.15, -0.1) is 0 Å². The van der Waals surface area contributed by atoms with E-state index in [0.717, 1.165) is 30.9 Å². The molecule has 2 heterocycles. The van der Waals surface area contributed by atoms with Crippen LogP contribution in [-0.4, -0.2) is 62.5 Å². The number of nitrogens with one attached hydrogen (secondary N) is 3. The molecule has 1 atom stereocenters. The third-order valence-electron chi connectivity index (χ3n) is 5.72. The van der Waals surface area contributed by atoms with Gasteiger partial charge >= 0.3 is 12.2 Å². The Morgan fingerprint density at radius 3 is 2.38 bits per heavy atom. The van der Waals surface area contributed by atoms with Gasteiger partial charge in [0.05, 0.1) is 22.0 Å². The molecule has 11 nitrogen and oxygen atoms in total. The van der Waals surface area contributed by atoms with E-state index in [1.165, 1.54) is 17.4 Å². The first-order chi connectivity index (χ1) is 18.6. The van der Waals surface area contributed by atoms with Gasteiger partial charge in [-0.2, -0.15) is 0 Å². The average Bonchev–Trinajstić information content (AvgIpc) is 3.17. The fourth-order valence-corrected chi connectivity index (χ4v) is 6.97. The molecule has 1 aromatic carbocycles. The number of carbonyl (C=O) groups excluding carboxylic acids is 2. The van der Waals surface area contributed by atoms with Crippen LogP contribution in [0.15, 0.2) is 29.3 Å². The Kier molecular flexibility index (Phi) is 10.4. The lowest BCUT2D eigenvalue weighted by Gasteiger charge is -2.22. The summed E-state index contributed by atoms with van der Waals surface area (Å²) in [5.41, 5.74) is 0.0669. The van der Waals surface area contributed by atoms with Crippen molar-refractivity contribution in [2.75, 3.05) is 23.3 Å². The molecule has 1 unspecified atom stereocenters. The summed E-state index contributed by atoms with van der Waals surface area (Å²) in [6.07, 6.45) is 2.54. The molecule has 1 fully saturated rings. The molecule has 0 bridgehead atoms. The lowest BCUT2D eigenvalue weighted by atomic mass is 10.1. The summed E-state index contributed by atoms with van der Waals surface area (Å²) in [6.45, 7) is 13.8. The number of alkyl carbamates (subject to hydrolysis) is 1. The Morgan fingerprint density at radius 1 is 1.05 bits per heavy atom. The largest absolute Gasteiger partial charge is 0.447 e. The number of nitrogens with zero attached hydrogens (tertiary/aromatic N) is 2. The summed E-state index contributed by atoms with van der Waals surface area (Å²) < 4.78 is 40.0. The fraction of sp³-hybridized carbons (Fsp3) is 0.593. The first-order valence-corrected chi connectivity index (χ1v) is 15.8. The maximum Gasteiger partial charge on any atom is 0.411 e. The smallest absolute Gasteiger partial charge is 0.411 e. The number of benzene rings is 1. The van der Waals surface area contributed by atoms with Gasteiger partial charge in [-0.05, 0) is 79.9 Å². The molecule has 2 amide bonds. The Labute approximate surface area is 241 Å². The van der Waals surface area contributed by atoms with E-state index in [-0.39, 0.29) is 23.1 Å². The van der Waals surface area contributed by atoms with E-state index < -0.39 is 27.7 Å². The number of thiazole rings is 1. The molecule has 1 aliphatic heterocycles. The Bertz CT molecular complexity index is 1290. The number of anilines is 2. The second-order valence-electron chi connectivity index (χ2n) is 11.4. The highest BCUT2D eigenvalue weighted by Crippen LogP contribution is 2.37. The molecule has 0 saturated carbocycles. The Hall–Kier alpha value is -2.90. The van der Waals surface area contributed by atoms with Crippen molar-refractivity contribution < 1.29 is 27.5 Å². The monoisotopic (exact) mass is 595 g/mol. The van der Waals surface area contributed by atoms with Crippen LogP contribution in [0.2, 0.25) is 0 Å². The van der Waals surface area contributed by atoms with Crippen LogP contribution < -0.4 is 20.3 Å². The lowest BCUT2D eigenvalue weighted by molar-refractivity contribution is 0.111. The van der Waals surface area contributed by atoms with E-state index in [9.17, 15) is 18.0 Å². The van der Waals surface area contributed by atoms with E-state index in [1.807, 2.05) is 13.8 Å². The molecular formula is C27H41N5O6S2. The van der Waals surface area contributed by atoms with Crippen LogP contribution >= 0.6 is 11.3 Å². The third-order valence-corrected chi connectivity index (χ3v) is 8.61. The molecule has 3 rings (SSSR count). The first-order valence-electron chi connectivity index (χ1n) is 13.5. The molecule has 40 heavy (non-hydrogen) atoms. The summed E-state index contributed by atoms with van der Waals surface area (Å²) in [4.78, 5) is 31.7. The summed E-state index contributed by atoms with van der Waals surface area (Å²) in [7, 11) is -3.96. The summed E-state index contributed by atoms with van der Waals surface area (Å²) in [6, 6.07) is 4.76. The van der Waals surface area contributed by atoms with Crippen molar-refractivity contribution in [1.29, 1.82) is 0 Å². The van der Waals surface area contributed by atoms with Crippen molar-refractivity contribution in [3.8, 4) is 10.4 Å². The maximum atomic E-state index is 13.5. The van der Waals surface area contributed by atoms with Crippen molar-refractivity contribution in [2.45, 2.75) is 96.4 Å². The van der Waals surface area contributed by atoms with Crippen LogP contribution in [0.5, 0.6) is 0 Å². The SMILES string of the molecule is CC(C)OC(=O)Nc1ccc(-c2cnc(N3CCCC(NC(=O)OC(C)C)CC3)s2)c(S(=O)(=O)NC(C)(C)C)c1. The zero-order valence-electron chi connectivity index (χ0n) is 24.2. The van der Waals surface area contributed by atoms with Crippen molar-refractivity contribution in [1.82, 2.24) is 15.0 Å². The van der Waals surface area contributed by atoms with Gasteiger partial charge in [-0.3, -0.25) is 5.32 Å². The number of aromatic nitrogens is 1. The van der Waals surface area contributed by atoms with Gasteiger partial charge in [0, 0.05) is 42.1 Å².